The third-order valence-corrected chi connectivity index (χ3v) is 6.28. The largest absolute Gasteiger partial charge is 0.385 e. The molecule has 0 radical (unpaired) electrons. The van der Waals surface area contributed by atoms with Crippen LogP contribution in [0.1, 0.15) is 38.2 Å². The molecule has 0 aromatic heterocycles. The van der Waals surface area contributed by atoms with Crippen molar-refractivity contribution in [3.63, 3.8) is 0 Å². The quantitative estimate of drug-likeness (QED) is 0.694. The molecule has 2 aliphatic heterocycles. The zero-order valence-corrected chi connectivity index (χ0v) is 17.2. The Morgan fingerprint density at radius 1 is 1.25 bits per heavy atom. The maximum atomic E-state index is 12.6. The first-order valence-corrected chi connectivity index (χ1v) is 10.4. The number of benzene rings is 1. The Hall–Kier alpha value is -1.92. The van der Waals surface area contributed by atoms with Gasteiger partial charge in [-0.05, 0) is 50.3 Å². The molecule has 0 saturated carbocycles. The SMILES string of the molecule is COCCCN1CC2(CCN([C@@H](C)C(=O)NCc3ccccc3)CC2)CC1=O. The van der Waals surface area contributed by atoms with Crippen molar-refractivity contribution < 1.29 is 14.3 Å². The van der Waals surface area contributed by atoms with Crippen LogP contribution in [0.2, 0.25) is 0 Å². The van der Waals surface area contributed by atoms with Gasteiger partial charge in [0.05, 0.1) is 6.04 Å². The van der Waals surface area contributed by atoms with Crippen LogP contribution in [0.4, 0.5) is 0 Å². The van der Waals surface area contributed by atoms with E-state index in [0.717, 1.165) is 51.0 Å². The number of carbonyl (C=O) groups is 2. The molecule has 6 heteroatoms. The van der Waals surface area contributed by atoms with Gasteiger partial charge in [-0.1, -0.05) is 30.3 Å². The lowest BCUT2D eigenvalue weighted by Crippen LogP contribution is -2.50. The first-order chi connectivity index (χ1) is 13.5. The molecule has 28 heavy (non-hydrogen) atoms. The number of hydrogen-bond donors (Lipinski definition) is 1. The van der Waals surface area contributed by atoms with E-state index >= 15 is 0 Å². The van der Waals surface area contributed by atoms with Gasteiger partial charge in [0.25, 0.3) is 0 Å². The molecular weight excluding hydrogens is 354 g/mol. The van der Waals surface area contributed by atoms with Crippen LogP contribution < -0.4 is 5.32 Å². The van der Waals surface area contributed by atoms with Gasteiger partial charge in [0.15, 0.2) is 0 Å². The summed E-state index contributed by atoms with van der Waals surface area (Å²) in [7, 11) is 1.69. The minimum atomic E-state index is -0.143. The normalized spacial score (nSPS) is 20.5. The molecule has 1 aromatic carbocycles. The second kappa shape index (κ2) is 9.52. The van der Waals surface area contributed by atoms with Crippen molar-refractivity contribution >= 4 is 11.8 Å². The molecule has 1 spiro atoms. The highest BCUT2D eigenvalue weighted by atomic mass is 16.5. The molecule has 0 aliphatic carbocycles. The number of ether oxygens (including phenoxy) is 1. The summed E-state index contributed by atoms with van der Waals surface area (Å²) in [4.78, 5) is 29.2. The lowest BCUT2D eigenvalue weighted by atomic mass is 9.77. The van der Waals surface area contributed by atoms with Crippen LogP contribution in [0.3, 0.4) is 0 Å². The van der Waals surface area contributed by atoms with E-state index in [9.17, 15) is 9.59 Å². The highest BCUT2D eigenvalue weighted by Crippen LogP contribution is 2.41. The fraction of sp³-hybridized carbons (Fsp3) is 0.636. The summed E-state index contributed by atoms with van der Waals surface area (Å²) in [6.45, 7) is 6.63. The van der Waals surface area contributed by atoms with Crippen LogP contribution in [0, 0.1) is 5.41 Å². The fourth-order valence-corrected chi connectivity index (χ4v) is 4.40. The number of piperidine rings is 1. The zero-order chi connectivity index (χ0) is 20.0. The van der Waals surface area contributed by atoms with E-state index in [-0.39, 0.29) is 23.3 Å². The molecule has 1 N–H and O–H groups in total. The summed E-state index contributed by atoms with van der Waals surface area (Å²) in [5, 5.41) is 3.05. The van der Waals surface area contributed by atoms with Crippen molar-refractivity contribution in [2.45, 2.75) is 45.2 Å². The Morgan fingerprint density at radius 3 is 2.64 bits per heavy atom. The fourth-order valence-electron chi connectivity index (χ4n) is 4.40. The van der Waals surface area contributed by atoms with E-state index in [4.69, 9.17) is 4.74 Å². The van der Waals surface area contributed by atoms with Gasteiger partial charge in [-0.3, -0.25) is 14.5 Å². The summed E-state index contributed by atoms with van der Waals surface area (Å²) >= 11 is 0. The van der Waals surface area contributed by atoms with Gasteiger partial charge >= 0.3 is 0 Å². The Kier molecular flexibility index (Phi) is 7.08. The molecule has 2 heterocycles. The van der Waals surface area contributed by atoms with Crippen molar-refractivity contribution in [2.24, 2.45) is 5.41 Å². The zero-order valence-electron chi connectivity index (χ0n) is 17.2. The van der Waals surface area contributed by atoms with E-state index in [0.29, 0.717) is 19.6 Å². The molecule has 154 valence electrons. The Morgan fingerprint density at radius 2 is 1.96 bits per heavy atom. The first-order valence-electron chi connectivity index (χ1n) is 10.4. The maximum Gasteiger partial charge on any atom is 0.237 e. The molecule has 6 nitrogen and oxygen atoms in total. The Bertz CT molecular complexity index is 656. The molecule has 2 fully saturated rings. The summed E-state index contributed by atoms with van der Waals surface area (Å²) in [6.07, 6.45) is 3.51. The molecule has 1 aromatic rings. The highest BCUT2D eigenvalue weighted by Gasteiger charge is 2.45. The van der Waals surface area contributed by atoms with Gasteiger partial charge in [0.1, 0.15) is 0 Å². The van der Waals surface area contributed by atoms with Crippen LogP contribution in [-0.2, 0) is 20.9 Å². The van der Waals surface area contributed by atoms with Crippen molar-refractivity contribution in [1.29, 1.82) is 0 Å². The molecule has 2 saturated heterocycles. The average Bonchev–Trinajstić information content (AvgIpc) is 3.02. The van der Waals surface area contributed by atoms with E-state index < -0.39 is 0 Å². The van der Waals surface area contributed by atoms with Crippen LogP contribution >= 0.6 is 0 Å². The van der Waals surface area contributed by atoms with Crippen molar-refractivity contribution in [3.05, 3.63) is 35.9 Å². The van der Waals surface area contributed by atoms with Crippen LogP contribution in [-0.4, -0.2) is 67.6 Å². The average molecular weight is 388 g/mol. The maximum absolute atomic E-state index is 12.6. The smallest absolute Gasteiger partial charge is 0.237 e. The van der Waals surface area contributed by atoms with Gasteiger partial charge in [-0.25, -0.2) is 0 Å². The van der Waals surface area contributed by atoms with Crippen molar-refractivity contribution in [2.75, 3.05) is 39.9 Å². The molecule has 2 amide bonds. The van der Waals surface area contributed by atoms with E-state index in [2.05, 4.69) is 10.2 Å². The Balaban J connectivity index is 1.45. The minimum absolute atomic E-state index is 0.0727. The van der Waals surface area contributed by atoms with E-state index in [1.165, 1.54) is 0 Å². The lowest BCUT2D eigenvalue weighted by Gasteiger charge is -2.40. The Labute approximate surface area is 168 Å². The highest BCUT2D eigenvalue weighted by molar-refractivity contribution is 5.81. The number of nitrogens with one attached hydrogen (secondary N) is 1. The second-order valence-corrected chi connectivity index (χ2v) is 8.25. The molecule has 0 bridgehead atoms. The summed E-state index contributed by atoms with van der Waals surface area (Å²) < 4.78 is 5.10. The van der Waals surface area contributed by atoms with Crippen molar-refractivity contribution in [3.8, 4) is 0 Å². The van der Waals surface area contributed by atoms with E-state index in [1.807, 2.05) is 42.2 Å². The molecule has 1 atom stereocenters. The summed E-state index contributed by atoms with van der Waals surface area (Å²) in [5.74, 6) is 0.349. The van der Waals surface area contributed by atoms with Gasteiger partial charge in [-0.2, -0.15) is 0 Å². The molecule has 0 unspecified atom stereocenters. The number of rotatable bonds is 8. The number of carbonyl (C=O) groups excluding carboxylic acids is 2. The third-order valence-electron chi connectivity index (χ3n) is 6.28. The monoisotopic (exact) mass is 387 g/mol. The van der Waals surface area contributed by atoms with Crippen LogP contribution in [0.15, 0.2) is 30.3 Å². The summed E-state index contributed by atoms with van der Waals surface area (Å²) in [6, 6.07) is 9.84. The number of amides is 2. The van der Waals surface area contributed by atoms with Crippen LogP contribution in [0.25, 0.3) is 0 Å². The topological polar surface area (TPSA) is 61.9 Å². The minimum Gasteiger partial charge on any atom is -0.385 e. The van der Waals surface area contributed by atoms with Gasteiger partial charge < -0.3 is 15.0 Å². The predicted octanol–water partition coefficient (Wildman–Crippen LogP) is 2.04. The van der Waals surface area contributed by atoms with Gasteiger partial charge in [0, 0.05) is 39.8 Å². The first kappa shape index (κ1) is 20.8. The second-order valence-electron chi connectivity index (χ2n) is 8.25. The molecule has 3 rings (SSSR count). The van der Waals surface area contributed by atoms with Crippen molar-refractivity contribution in [1.82, 2.24) is 15.1 Å². The predicted molar refractivity (Wildman–Crippen MR) is 109 cm³/mol. The third kappa shape index (κ3) is 5.11. The lowest BCUT2D eigenvalue weighted by molar-refractivity contribution is -0.129. The van der Waals surface area contributed by atoms with Gasteiger partial charge in [-0.15, -0.1) is 0 Å². The van der Waals surface area contributed by atoms with Gasteiger partial charge in [0.2, 0.25) is 11.8 Å². The number of methoxy groups -OCH3 is 1. The standard InChI is InChI=1S/C22H33N3O3/c1-18(21(27)23-16-19-7-4-3-5-8-19)24-12-9-22(10-13-24)15-20(26)25(17-22)11-6-14-28-2/h3-5,7-8,18H,6,9-17H2,1-2H3,(H,23,27)/t18-/m0/s1. The van der Waals surface area contributed by atoms with Crippen LogP contribution in [0.5, 0.6) is 0 Å². The number of likely N-dealkylation sites (tertiary alicyclic amines) is 2. The summed E-state index contributed by atoms with van der Waals surface area (Å²) in [5.41, 5.74) is 1.21. The number of nitrogens with zero attached hydrogens (tertiary/aromatic N) is 2. The van der Waals surface area contributed by atoms with E-state index in [1.54, 1.807) is 7.11 Å². The molecule has 2 aliphatic rings. The number of hydrogen-bond acceptors (Lipinski definition) is 4. The molecular formula is C22H33N3O3.